The maximum Gasteiger partial charge on any atom is 0.181 e. The molecule has 0 heterocycles. The Kier molecular flexibility index (Phi) is 4.55. The molecule has 1 rings (SSSR count). The van der Waals surface area contributed by atoms with Crippen LogP contribution in [-0.4, -0.2) is 33.3 Å². The van der Waals surface area contributed by atoms with Crippen molar-refractivity contribution in [1.82, 2.24) is 0 Å². The fourth-order valence-electron chi connectivity index (χ4n) is 1.76. The smallest absolute Gasteiger partial charge is 0.181 e. The quantitative estimate of drug-likeness (QED) is 0.792. The zero-order valence-electron chi connectivity index (χ0n) is 10.7. The van der Waals surface area contributed by atoms with E-state index in [9.17, 15) is 13.2 Å². The van der Waals surface area contributed by atoms with E-state index in [1.807, 2.05) is 6.07 Å². The van der Waals surface area contributed by atoms with Crippen molar-refractivity contribution in [2.75, 3.05) is 19.1 Å². The van der Waals surface area contributed by atoms with E-state index in [2.05, 4.69) is 15.9 Å². The number of ketones is 1. The molecule has 18 heavy (non-hydrogen) atoms. The lowest BCUT2D eigenvalue weighted by Gasteiger charge is -2.14. The molecule has 100 valence electrons. The van der Waals surface area contributed by atoms with Crippen LogP contribution in [0.1, 0.15) is 21.5 Å². The van der Waals surface area contributed by atoms with Crippen molar-refractivity contribution in [3.05, 3.63) is 27.2 Å². The number of benzene rings is 1. The number of halogens is 1. The van der Waals surface area contributed by atoms with E-state index >= 15 is 0 Å². The van der Waals surface area contributed by atoms with E-state index in [0.717, 1.165) is 16.3 Å². The van der Waals surface area contributed by atoms with Gasteiger partial charge in [-0.15, -0.1) is 0 Å². The van der Waals surface area contributed by atoms with Gasteiger partial charge in [0.1, 0.15) is 11.5 Å². The number of hydrogen-bond donors (Lipinski definition) is 0. The summed E-state index contributed by atoms with van der Waals surface area (Å²) in [5, 5.41) is 0. The average Bonchev–Trinajstić information content (AvgIpc) is 2.20. The van der Waals surface area contributed by atoms with Gasteiger partial charge in [0.25, 0.3) is 0 Å². The largest absolute Gasteiger partial charge is 0.496 e. The fourth-order valence-corrected chi connectivity index (χ4v) is 2.92. The lowest BCUT2D eigenvalue weighted by Crippen LogP contribution is -2.17. The Bertz CT molecular complexity index is 591. The first-order valence-electron chi connectivity index (χ1n) is 5.22. The molecule has 0 saturated carbocycles. The molecule has 0 aliphatic heterocycles. The molecule has 0 aliphatic carbocycles. The molecule has 0 bridgehead atoms. The van der Waals surface area contributed by atoms with Crippen LogP contribution < -0.4 is 4.74 Å². The third-order valence-electron chi connectivity index (χ3n) is 2.54. The molecule has 0 atom stereocenters. The van der Waals surface area contributed by atoms with Gasteiger partial charge in [-0.05, 0) is 31.0 Å². The summed E-state index contributed by atoms with van der Waals surface area (Å²) in [6, 6.07) is 1.84. The standard InChI is InChI=1S/C12H15BrO4S/c1-7-5-9(13)8(2)11(12(7)17-3)10(14)6-18(4,15)16/h5H,6H2,1-4H3. The van der Waals surface area contributed by atoms with E-state index in [1.165, 1.54) is 7.11 Å². The Morgan fingerprint density at radius 3 is 2.39 bits per heavy atom. The first kappa shape index (κ1) is 15.2. The van der Waals surface area contributed by atoms with E-state index < -0.39 is 21.4 Å². The van der Waals surface area contributed by atoms with Crippen molar-refractivity contribution in [2.24, 2.45) is 0 Å². The number of sulfone groups is 1. The molecule has 0 fully saturated rings. The van der Waals surface area contributed by atoms with Gasteiger partial charge < -0.3 is 4.74 Å². The van der Waals surface area contributed by atoms with E-state index in [1.54, 1.807) is 13.8 Å². The third kappa shape index (κ3) is 3.32. The molecule has 0 amide bonds. The summed E-state index contributed by atoms with van der Waals surface area (Å²) < 4.78 is 28.4. The number of aryl methyl sites for hydroxylation is 1. The number of hydrogen-bond acceptors (Lipinski definition) is 4. The predicted octanol–water partition coefficient (Wildman–Crippen LogP) is 2.30. The molecule has 0 unspecified atom stereocenters. The highest BCUT2D eigenvalue weighted by molar-refractivity contribution is 9.10. The highest BCUT2D eigenvalue weighted by Gasteiger charge is 2.22. The maximum absolute atomic E-state index is 12.1. The molecule has 0 radical (unpaired) electrons. The van der Waals surface area contributed by atoms with Gasteiger partial charge >= 0.3 is 0 Å². The molecule has 0 spiro atoms. The second kappa shape index (κ2) is 5.40. The molecular formula is C12H15BrO4S. The number of carbonyl (C=O) groups is 1. The van der Waals surface area contributed by atoms with Crippen molar-refractivity contribution in [1.29, 1.82) is 0 Å². The average molecular weight is 335 g/mol. The van der Waals surface area contributed by atoms with E-state index in [4.69, 9.17) is 4.74 Å². The lowest BCUT2D eigenvalue weighted by atomic mass is 10.0. The van der Waals surface area contributed by atoms with E-state index in [0.29, 0.717) is 16.9 Å². The van der Waals surface area contributed by atoms with Crippen LogP contribution in [0.2, 0.25) is 0 Å². The van der Waals surface area contributed by atoms with Gasteiger partial charge in [0.2, 0.25) is 0 Å². The Labute approximate surface area is 115 Å². The van der Waals surface area contributed by atoms with Crippen molar-refractivity contribution in [3.63, 3.8) is 0 Å². The number of rotatable bonds is 4. The number of Topliss-reactive ketones (excluding diaryl/α,β-unsaturated/α-hetero) is 1. The normalized spacial score (nSPS) is 11.4. The van der Waals surface area contributed by atoms with Gasteiger partial charge in [0, 0.05) is 10.7 Å². The van der Waals surface area contributed by atoms with Gasteiger partial charge in [-0.25, -0.2) is 8.42 Å². The minimum atomic E-state index is -3.36. The molecule has 6 heteroatoms. The van der Waals surface area contributed by atoms with E-state index in [-0.39, 0.29) is 0 Å². The molecule has 0 N–H and O–H groups in total. The van der Waals surface area contributed by atoms with Crippen LogP contribution in [0, 0.1) is 13.8 Å². The van der Waals surface area contributed by atoms with Gasteiger partial charge in [-0.2, -0.15) is 0 Å². The summed E-state index contributed by atoms with van der Waals surface area (Å²) in [5.74, 6) is -0.527. The molecule has 0 aromatic heterocycles. The van der Waals surface area contributed by atoms with Gasteiger partial charge in [0.05, 0.1) is 12.7 Å². The monoisotopic (exact) mass is 334 g/mol. The number of carbonyl (C=O) groups excluding carboxylic acids is 1. The topological polar surface area (TPSA) is 60.4 Å². The first-order valence-corrected chi connectivity index (χ1v) is 8.07. The second-order valence-corrected chi connectivity index (χ2v) is 7.20. The minimum absolute atomic E-state index is 0.329. The predicted molar refractivity (Wildman–Crippen MR) is 74.2 cm³/mol. The SMILES string of the molecule is COc1c(C)cc(Br)c(C)c1C(=O)CS(C)(=O)=O. The number of methoxy groups -OCH3 is 1. The Morgan fingerprint density at radius 2 is 1.94 bits per heavy atom. The molecule has 4 nitrogen and oxygen atoms in total. The summed E-state index contributed by atoms with van der Waals surface area (Å²) in [7, 11) is -1.89. The molecule has 0 aliphatic rings. The fraction of sp³-hybridized carbons (Fsp3) is 0.417. The second-order valence-electron chi connectivity index (χ2n) is 4.20. The molecule has 0 saturated heterocycles. The molecular weight excluding hydrogens is 320 g/mol. The zero-order chi connectivity index (χ0) is 14.1. The Hall–Kier alpha value is -0.880. The van der Waals surface area contributed by atoms with Crippen molar-refractivity contribution in [3.8, 4) is 5.75 Å². The zero-order valence-corrected chi connectivity index (χ0v) is 13.1. The third-order valence-corrected chi connectivity index (χ3v) is 4.15. The summed E-state index contributed by atoms with van der Waals surface area (Å²) in [6.45, 7) is 3.56. The molecule has 1 aromatic rings. The Morgan fingerprint density at radius 1 is 1.39 bits per heavy atom. The Balaban J connectivity index is 3.43. The summed E-state index contributed by atoms with van der Waals surface area (Å²) in [5.41, 5.74) is 1.80. The minimum Gasteiger partial charge on any atom is -0.496 e. The van der Waals surface area contributed by atoms with Crippen molar-refractivity contribution in [2.45, 2.75) is 13.8 Å². The van der Waals surface area contributed by atoms with Crippen LogP contribution >= 0.6 is 15.9 Å². The van der Waals surface area contributed by atoms with Crippen LogP contribution in [0.5, 0.6) is 5.75 Å². The van der Waals surface area contributed by atoms with Crippen LogP contribution in [0.25, 0.3) is 0 Å². The summed E-state index contributed by atoms with van der Waals surface area (Å²) in [4.78, 5) is 12.1. The van der Waals surface area contributed by atoms with Gasteiger partial charge in [-0.3, -0.25) is 4.79 Å². The van der Waals surface area contributed by atoms with Gasteiger partial charge in [-0.1, -0.05) is 15.9 Å². The summed E-state index contributed by atoms with van der Waals surface area (Å²) >= 11 is 3.35. The van der Waals surface area contributed by atoms with Gasteiger partial charge in [0.15, 0.2) is 15.6 Å². The lowest BCUT2D eigenvalue weighted by molar-refractivity contribution is 0.101. The van der Waals surface area contributed by atoms with Crippen molar-refractivity contribution >= 4 is 31.6 Å². The maximum atomic E-state index is 12.1. The highest BCUT2D eigenvalue weighted by Crippen LogP contribution is 2.32. The molecule has 1 aromatic carbocycles. The summed E-state index contributed by atoms with van der Waals surface area (Å²) in [6.07, 6.45) is 1.04. The number of ether oxygens (including phenoxy) is 1. The highest BCUT2D eigenvalue weighted by atomic mass is 79.9. The van der Waals surface area contributed by atoms with Crippen molar-refractivity contribution < 1.29 is 17.9 Å². The van der Waals surface area contributed by atoms with Crippen LogP contribution in [-0.2, 0) is 9.84 Å². The van der Waals surface area contributed by atoms with Crippen LogP contribution in [0.15, 0.2) is 10.5 Å². The first-order chi connectivity index (χ1) is 8.17. The van der Waals surface area contributed by atoms with Crippen LogP contribution in [0.3, 0.4) is 0 Å². The van der Waals surface area contributed by atoms with Crippen LogP contribution in [0.4, 0.5) is 0 Å².